The number of hydrogen-bond acceptors (Lipinski definition) is 6. The molecule has 1 saturated heterocycles. The number of ether oxygens (including phenoxy) is 1. The number of rotatable bonds is 4. The largest absolute Gasteiger partial charge is 1.00 e. The first-order valence-corrected chi connectivity index (χ1v) is 7.11. The fourth-order valence-corrected chi connectivity index (χ4v) is 2.55. The van der Waals surface area contributed by atoms with Gasteiger partial charge in [0.25, 0.3) is 0 Å². The van der Waals surface area contributed by atoms with Crippen LogP contribution in [-0.4, -0.2) is 42.2 Å². The fraction of sp³-hybridized carbons (Fsp3) is 0.312. The van der Waals surface area contributed by atoms with Crippen LogP contribution in [0.2, 0.25) is 0 Å². The molecule has 1 aliphatic heterocycles. The van der Waals surface area contributed by atoms with Gasteiger partial charge in [-0.15, -0.1) is 0 Å². The number of benzene rings is 1. The van der Waals surface area contributed by atoms with Gasteiger partial charge in [0.2, 0.25) is 0 Å². The Morgan fingerprint density at radius 2 is 2.04 bits per heavy atom. The fourth-order valence-electron chi connectivity index (χ4n) is 2.55. The quantitative estimate of drug-likeness (QED) is 0.591. The van der Waals surface area contributed by atoms with Crippen LogP contribution in [0, 0.1) is 0 Å². The van der Waals surface area contributed by atoms with Crippen LogP contribution in [0.4, 0.5) is 5.82 Å². The van der Waals surface area contributed by atoms with Gasteiger partial charge in [-0.25, -0.2) is 9.97 Å². The van der Waals surface area contributed by atoms with Gasteiger partial charge < -0.3 is 19.5 Å². The van der Waals surface area contributed by atoms with Gasteiger partial charge in [0.1, 0.15) is 5.82 Å². The molecule has 2 heterocycles. The van der Waals surface area contributed by atoms with E-state index in [0.29, 0.717) is 18.2 Å². The number of carbonyl (C=O) groups is 1. The van der Waals surface area contributed by atoms with Crippen molar-refractivity contribution in [3.8, 4) is 11.4 Å². The third-order valence-electron chi connectivity index (χ3n) is 3.76. The van der Waals surface area contributed by atoms with Gasteiger partial charge in [-0.1, -0.05) is 30.3 Å². The zero-order valence-electron chi connectivity index (χ0n) is 13.2. The standard InChI is InChI=1S/C16H17N3O3.Na/c1-22-12-7-8-19(10-12)14-9-13(16(20)21)17-15(18-14)11-5-3-2-4-6-11;/h2-6,9,12H,7-8,10H2,1H3,(H,20,21);/q;+1/p-1/t12-;/m0./s1. The van der Waals surface area contributed by atoms with Crippen LogP contribution < -0.4 is 39.6 Å². The SMILES string of the molecule is CO[C@H]1CCN(c2cc(C(=O)[O-])nc(-c3ccccc3)n2)C1.[Na+]. The number of carboxylic acids is 1. The molecular formula is C16H16N3NaO3. The predicted octanol–water partition coefficient (Wildman–Crippen LogP) is -2.26. The molecule has 0 N–H and O–H groups in total. The first-order valence-electron chi connectivity index (χ1n) is 7.11. The number of aromatic carboxylic acids is 1. The van der Waals surface area contributed by atoms with Crippen LogP contribution in [0.25, 0.3) is 11.4 Å². The molecule has 0 spiro atoms. The number of carbonyl (C=O) groups excluding carboxylic acids is 1. The minimum absolute atomic E-state index is 0. The van der Waals surface area contributed by atoms with Crippen molar-refractivity contribution in [2.45, 2.75) is 12.5 Å². The molecule has 114 valence electrons. The smallest absolute Gasteiger partial charge is 0.543 e. The first-order chi connectivity index (χ1) is 10.7. The maximum Gasteiger partial charge on any atom is 1.00 e. The van der Waals surface area contributed by atoms with E-state index in [0.717, 1.165) is 18.5 Å². The van der Waals surface area contributed by atoms with Crippen LogP contribution >= 0.6 is 0 Å². The number of hydrogen-bond donors (Lipinski definition) is 0. The molecule has 1 fully saturated rings. The zero-order valence-corrected chi connectivity index (χ0v) is 15.2. The van der Waals surface area contributed by atoms with E-state index in [2.05, 4.69) is 9.97 Å². The Labute approximate surface area is 156 Å². The van der Waals surface area contributed by atoms with E-state index in [1.54, 1.807) is 7.11 Å². The van der Waals surface area contributed by atoms with E-state index >= 15 is 0 Å². The molecular weight excluding hydrogens is 305 g/mol. The maximum absolute atomic E-state index is 11.2. The Hall–Kier alpha value is -1.47. The Morgan fingerprint density at radius 1 is 1.30 bits per heavy atom. The van der Waals surface area contributed by atoms with Gasteiger partial charge in [0.05, 0.1) is 17.8 Å². The van der Waals surface area contributed by atoms with Gasteiger partial charge in [-0.2, -0.15) is 0 Å². The van der Waals surface area contributed by atoms with Crippen molar-refractivity contribution in [2.24, 2.45) is 0 Å². The van der Waals surface area contributed by atoms with Gasteiger partial charge in [0.15, 0.2) is 5.82 Å². The summed E-state index contributed by atoms with van der Waals surface area (Å²) in [6, 6.07) is 10.8. The van der Waals surface area contributed by atoms with E-state index in [4.69, 9.17) is 4.74 Å². The molecule has 3 rings (SSSR count). The summed E-state index contributed by atoms with van der Waals surface area (Å²) in [7, 11) is 1.68. The van der Waals surface area contributed by atoms with E-state index < -0.39 is 5.97 Å². The van der Waals surface area contributed by atoms with Crippen LogP contribution in [0.5, 0.6) is 0 Å². The van der Waals surface area contributed by atoms with Crippen molar-refractivity contribution in [2.75, 3.05) is 25.1 Å². The summed E-state index contributed by atoms with van der Waals surface area (Å²) in [5, 5.41) is 11.2. The molecule has 1 atom stereocenters. The van der Waals surface area contributed by atoms with Crippen LogP contribution in [0.3, 0.4) is 0 Å². The minimum atomic E-state index is -1.30. The summed E-state index contributed by atoms with van der Waals surface area (Å²) in [5.41, 5.74) is 0.666. The summed E-state index contributed by atoms with van der Waals surface area (Å²) in [4.78, 5) is 21.8. The molecule has 2 aromatic rings. The summed E-state index contributed by atoms with van der Waals surface area (Å²) < 4.78 is 5.34. The topological polar surface area (TPSA) is 78.4 Å². The molecule has 0 aliphatic carbocycles. The second-order valence-electron chi connectivity index (χ2n) is 5.18. The third-order valence-corrected chi connectivity index (χ3v) is 3.76. The monoisotopic (exact) mass is 321 g/mol. The number of aromatic nitrogens is 2. The molecule has 1 aromatic carbocycles. The Bertz CT molecular complexity index is 682. The summed E-state index contributed by atoms with van der Waals surface area (Å²) >= 11 is 0. The molecule has 23 heavy (non-hydrogen) atoms. The van der Waals surface area contributed by atoms with Crippen LogP contribution in [0.1, 0.15) is 16.9 Å². The molecule has 0 saturated carbocycles. The Morgan fingerprint density at radius 3 is 2.65 bits per heavy atom. The molecule has 0 amide bonds. The molecule has 1 aromatic heterocycles. The molecule has 7 heteroatoms. The van der Waals surface area contributed by atoms with E-state index in [9.17, 15) is 9.90 Å². The first kappa shape index (κ1) is 17.9. The minimum Gasteiger partial charge on any atom is -0.543 e. The van der Waals surface area contributed by atoms with Gasteiger partial charge >= 0.3 is 29.6 Å². The number of methoxy groups -OCH3 is 1. The Balaban J connectivity index is 0.00000192. The summed E-state index contributed by atoms with van der Waals surface area (Å²) in [6.45, 7) is 1.46. The maximum atomic E-state index is 11.2. The zero-order chi connectivity index (χ0) is 15.5. The summed E-state index contributed by atoms with van der Waals surface area (Å²) in [6.07, 6.45) is 1.03. The van der Waals surface area contributed by atoms with Crippen LogP contribution in [-0.2, 0) is 4.74 Å². The molecule has 0 unspecified atom stereocenters. The predicted molar refractivity (Wildman–Crippen MR) is 79.4 cm³/mol. The van der Waals surface area contributed by atoms with E-state index in [1.807, 2.05) is 35.2 Å². The summed E-state index contributed by atoms with van der Waals surface area (Å²) in [5.74, 6) is -0.325. The van der Waals surface area contributed by atoms with Crippen molar-refractivity contribution < 1.29 is 44.2 Å². The van der Waals surface area contributed by atoms with E-state index in [-0.39, 0.29) is 41.4 Å². The number of anilines is 1. The van der Waals surface area contributed by atoms with Gasteiger partial charge in [0, 0.05) is 31.8 Å². The number of nitrogens with zero attached hydrogens (tertiary/aromatic N) is 3. The van der Waals surface area contributed by atoms with Crippen molar-refractivity contribution >= 4 is 11.8 Å². The molecule has 1 aliphatic rings. The van der Waals surface area contributed by atoms with Crippen molar-refractivity contribution in [1.29, 1.82) is 0 Å². The third kappa shape index (κ3) is 4.09. The van der Waals surface area contributed by atoms with Gasteiger partial charge in [-0.05, 0) is 6.42 Å². The normalized spacial score (nSPS) is 16.9. The average Bonchev–Trinajstić information content (AvgIpc) is 3.04. The molecule has 0 radical (unpaired) electrons. The van der Waals surface area contributed by atoms with Crippen LogP contribution in [0.15, 0.2) is 36.4 Å². The second-order valence-corrected chi connectivity index (χ2v) is 5.18. The second kappa shape index (κ2) is 7.88. The molecule has 0 bridgehead atoms. The van der Waals surface area contributed by atoms with E-state index in [1.165, 1.54) is 6.07 Å². The molecule has 6 nitrogen and oxygen atoms in total. The van der Waals surface area contributed by atoms with Gasteiger partial charge in [-0.3, -0.25) is 0 Å². The van der Waals surface area contributed by atoms with Crippen molar-refractivity contribution in [1.82, 2.24) is 9.97 Å². The average molecular weight is 321 g/mol. The Kier molecular flexibility index (Phi) is 6.12. The number of carboxylic acid groups (broad SMARTS) is 1. The van der Waals surface area contributed by atoms with Crippen molar-refractivity contribution in [3.63, 3.8) is 0 Å². The van der Waals surface area contributed by atoms with Crippen molar-refractivity contribution in [3.05, 3.63) is 42.1 Å².